The molecule has 1 aromatic rings. The molecule has 0 amide bonds. The molecule has 15 heavy (non-hydrogen) atoms. The third kappa shape index (κ3) is 4.20. The molecule has 0 N–H and O–H groups in total. The van der Waals surface area contributed by atoms with Gasteiger partial charge in [0.2, 0.25) is 0 Å². The van der Waals surface area contributed by atoms with Crippen LogP contribution in [0.4, 0.5) is 0 Å². The van der Waals surface area contributed by atoms with Crippen molar-refractivity contribution in [3.8, 4) is 0 Å². The first kappa shape index (κ1) is 12.5. The predicted molar refractivity (Wildman–Crippen MR) is 64.2 cm³/mol. The maximum absolute atomic E-state index is 10.6. The lowest BCUT2D eigenvalue weighted by Gasteiger charge is -1.98. The number of halogens is 2. The summed E-state index contributed by atoms with van der Waals surface area (Å²) in [5.74, 6) is 0.580. The molecule has 1 rings (SSSR count). The van der Waals surface area contributed by atoms with Crippen molar-refractivity contribution < 1.29 is 4.79 Å². The largest absolute Gasteiger partial charge is 0.288 e. The van der Waals surface area contributed by atoms with Gasteiger partial charge in [-0.1, -0.05) is 47.1 Å². The number of hydrogen-bond donors (Lipinski definition) is 0. The molecule has 0 aromatic carbocycles. The summed E-state index contributed by atoms with van der Waals surface area (Å²) in [5.41, 5.74) is 0.574. The molecule has 0 atom stereocenters. The summed E-state index contributed by atoms with van der Waals surface area (Å²) in [6.45, 7) is 1.52. The second kappa shape index (κ2) is 6.10. The van der Waals surface area contributed by atoms with E-state index in [1.165, 1.54) is 25.0 Å². The molecule has 0 fully saturated rings. The minimum absolute atomic E-state index is 0.0705. The molecule has 0 bridgehead atoms. The van der Waals surface area contributed by atoms with E-state index in [4.69, 9.17) is 23.2 Å². The number of aromatic nitrogens is 2. The summed E-state index contributed by atoms with van der Waals surface area (Å²) >= 11 is 12.8. The fourth-order valence-corrected chi connectivity index (χ4v) is 1.69. The summed E-state index contributed by atoms with van der Waals surface area (Å²) in [6, 6.07) is 0. The third-order valence-corrected chi connectivity index (χ3v) is 2.82. The van der Waals surface area contributed by atoms with Gasteiger partial charge in [-0.3, -0.25) is 4.79 Å². The fraction of sp³-hybridized carbons (Fsp3) is 0.222. The number of nitrogens with zero attached hydrogens (tertiary/aromatic N) is 2. The molecule has 1 heterocycles. The van der Waals surface area contributed by atoms with Crippen LogP contribution in [0.5, 0.6) is 0 Å². The van der Waals surface area contributed by atoms with Crippen molar-refractivity contribution in [3.05, 3.63) is 28.3 Å². The van der Waals surface area contributed by atoms with E-state index in [1.54, 1.807) is 12.2 Å². The van der Waals surface area contributed by atoms with Crippen LogP contribution in [0.3, 0.4) is 0 Å². The van der Waals surface area contributed by atoms with E-state index in [9.17, 15) is 4.79 Å². The van der Waals surface area contributed by atoms with Crippen molar-refractivity contribution in [2.45, 2.75) is 6.92 Å². The molecule has 80 valence electrons. The molecule has 0 unspecified atom stereocenters. The van der Waals surface area contributed by atoms with Crippen molar-refractivity contribution >= 4 is 46.2 Å². The molecular weight excluding hydrogens is 255 g/mol. The Bertz CT molecular complexity index is 375. The lowest BCUT2D eigenvalue weighted by atomic mass is 10.3. The van der Waals surface area contributed by atoms with Crippen molar-refractivity contribution in [1.82, 2.24) is 9.97 Å². The van der Waals surface area contributed by atoms with Gasteiger partial charge in [-0.15, -0.1) is 0 Å². The van der Waals surface area contributed by atoms with Crippen LogP contribution in [0.1, 0.15) is 12.5 Å². The van der Waals surface area contributed by atoms with E-state index in [0.717, 1.165) is 0 Å². The molecule has 0 saturated heterocycles. The Kier molecular flexibility index (Phi) is 5.08. The lowest BCUT2D eigenvalue weighted by molar-refractivity contribution is -0.109. The zero-order valence-corrected chi connectivity index (χ0v) is 10.2. The summed E-state index contributed by atoms with van der Waals surface area (Å²) < 4.78 is 0. The van der Waals surface area contributed by atoms with Gasteiger partial charge < -0.3 is 0 Å². The summed E-state index contributed by atoms with van der Waals surface area (Å²) in [7, 11) is 0. The van der Waals surface area contributed by atoms with Crippen molar-refractivity contribution in [2.24, 2.45) is 0 Å². The molecule has 0 aliphatic heterocycles. The van der Waals surface area contributed by atoms with Gasteiger partial charge >= 0.3 is 0 Å². The molecule has 0 saturated carbocycles. The first-order chi connectivity index (χ1) is 7.11. The number of rotatable bonds is 3. The number of hydrogen-bond acceptors (Lipinski definition) is 4. The maximum Gasteiger partial charge on any atom is 0.186 e. The molecule has 0 spiro atoms. The van der Waals surface area contributed by atoms with Crippen LogP contribution < -0.4 is 0 Å². The van der Waals surface area contributed by atoms with Crippen LogP contribution in [0.25, 0.3) is 6.08 Å². The van der Waals surface area contributed by atoms with E-state index in [2.05, 4.69) is 9.97 Å². The van der Waals surface area contributed by atoms with Crippen LogP contribution in [-0.2, 0) is 4.79 Å². The normalized spacial score (nSPS) is 10.9. The molecule has 6 heteroatoms. The van der Waals surface area contributed by atoms with Gasteiger partial charge in [0.15, 0.2) is 5.12 Å². The van der Waals surface area contributed by atoms with Gasteiger partial charge in [0, 0.05) is 18.2 Å². The number of carbonyl (C=O) groups is 1. The van der Waals surface area contributed by atoms with Gasteiger partial charge in [0.1, 0.15) is 16.6 Å². The third-order valence-electron chi connectivity index (χ3n) is 1.45. The standard InChI is InChI=1S/C9H8Cl2N2OS/c1-6(14)15-4-2-3-7-8(10)12-5-13-9(7)11/h2-3,5H,4H2,1H3. The Balaban J connectivity index is 2.67. The van der Waals surface area contributed by atoms with E-state index in [0.29, 0.717) is 21.6 Å². The lowest BCUT2D eigenvalue weighted by Crippen LogP contribution is -1.87. The Morgan fingerprint density at radius 3 is 2.60 bits per heavy atom. The van der Waals surface area contributed by atoms with E-state index in [-0.39, 0.29) is 5.12 Å². The topological polar surface area (TPSA) is 42.9 Å². The van der Waals surface area contributed by atoms with Gasteiger partial charge in [-0.25, -0.2) is 9.97 Å². The Labute approximate surface area is 102 Å². The van der Waals surface area contributed by atoms with Gasteiger partial charge in [0.25, 0.3) is 0 Å². The van der Waals surface area contributed by atoms with Crippen molar-refractivity contribution in [2.75, 3.05) is 5.75 Å². The maximum atomic E-state index is 10.6. The Morgan fingerprint density at radius 1 is 1.47 bits per heavy atom. The second-order valence-electron chi connectivity index (χ2n) is 2.57. The highest BCUT2D eigenvalue weighted by Crippen LogP contribution is 2.21. The smallest absolute Gasteiger partial charge is 0.186 e. The minimum atomic E-state index is 0.0705. The molecule has 0 aliphatic carbocycles. The molecular formula is C9H8Cl2N2OS. The van der Waals surface area contributed by atoms with Gasteiger partial charge in [-0.05, 0) is 0 Å². The van der Waals surface area contributed by atoms with E-state index < -0.39 is 0 Å². The number of thioether (sulfide) groups is 1. The van der Waals surface area contributed by atoms with Crippen molar-refractivity contribution in [3.63, 3.8) is 0 Å². The highest BCUT2D eigenvalue weighted by molar-refractivity contribution is 8.13. The second-order valence-corrected chi connectivity index (χ2v) is 4.49. The van der Waals surface area contributed by atoms with Crippen LogP contribution in [-0.4, -0.2) is 20.8 Å². The van der Waals surface area contributed by atoms with Crippen molar-refractivity contribution in [1.29, 1.82) is 0 Å². The van der Waals surface area contributed by atoms with Crippen LogP contribution in [0.15, 0.2) is 12.4 Å². The molecule has 1 aromatic heterocycles. The van der Waals surface area contributed by atoms with E-state index >= 15 is 0 Å². The summed E-state index contributed by atoms with van der Waals surface area (Å²) in [4.78, 5) is 18.2. The minimum Gasteiger partial charge on any atom is -0.288 e. The van der Waals surface area contributed by atoms with Crippen LogP contribution in [0, 0.1) is 0 Å². The quantitative estimate of drug-likeness (QED) is 0.786. The first-order valence-corrected chi connectivity index (χ1v) is 5.81. The monoisotopic (exact) mass is 262 g/mol. The molecule has 0 aliphatic rings. The number of carbonyl (C=O) groups excluding carboxylic acids is 1. The van der Waals surface area contributed by atoms with E-state index in [1.807, 2.05) is 0 Å². The zero-order chi connectivity index (χ0) is 11.3. The highest BCUT2D eigenvalue weighted by atomic mass is 35.5. The summed E-state index contributed by atoms with van der Waals surface area (Å²) in [6.07, 6.45) is 4.80. The van der Waals surface area contributed by atoms with Crippen LogP contribution in [0.2, 0.25) is 10.3 Å². The molecule has 0 radical (unpaired) electrons. The van der Waals surface area contributed by atoms with Crippen LogP contribution >= 0.6 is 35.0 Å². The van der Waals surface area contributed by atoms with Gasteiger partial charge in [0.05, 0.1) is 0 Å². The average molecular weight is 263 g/mol. The molecule has 3 nitrogen and oxygen atoms in total. The first-order valence-electron chi connectivity index (χ1n) is 4.07. The Hall–Kier alpha value is -0.580. The highest BCUT2D eigenvalue weighted by Gasteiger charge is 2.03. The Morgan fingerprint density at radius 2 is 2.07 bits per heavy atom. The zero-order valence-electron chi connectivity index (χ0n) is 7.91. The average Bonchev–Trinajstić information content (AvgIpc) is 2.15. The predicted octanol–water partition coefficient (Wildman–Crippen LogP) is 3.08. The summed E-state index contributed by atoms with van der Waals surface area (Å²) in [5, 5.41) is 0.680. The fourth-order valence-electron chi connectivity index (χ4n) is 0.823. The van der Waals surface area contributed by atoms with Gasteiger partial charge in [-0.2, -0.15) is 0 Å². The SMILES string of the molecule is CC(=O)SCC=Cc1c(Cl)ncnc1Cl.